The van der Waals surface area contributed by atoms with Gasteiger partial charge in [0.2, 0.25) is 0 Å². The van der Waals surface area contributed by atoms with Crippen LogP contribution in [0.15, 0.2) is 18.2 Å². The summed E-state index contributed by atoms with van der Waals surface area (Å²) in [6.45, 7) is 2.08. The fourth-order valence-electron chi connectivity index (χ4n) is 4.59. The van der Waals surface area contributed by atoms with Gasteiger partial charge in [-0.05, 0) is 87.6 Å². The summed E-state index contributed by atoms with van der Waals surface area (Å²) in [4.78, 5) is 24.2. The lowest BCUT2D eigenvalue weighted by molar-refractivity contribution is -0.141. The molecule has 2 N–H and O–H groups in total. The van der Waals surface area contributed by atoms with Crippen LogP contribution >= 0.6 is 12.4 Å². The molecule has 30 heavy (non-hydrogen) atoms. The molecule has 0 unspecified atom stereocenters. The number of esters is 1. The Morgan fingerprint density at radius 3 is 2.40 bits per heavy atom. The van der Waals surface area contributed by atoms with Crippen LogP contribution in [0.2, 0.25) is 0 Å². The molecule has 1 saturated carbocycles. The monoisotopic (exact) mass is 438 g/mol. The summed E-state index contributed by atoms with van der Waals surface area (Å²) in [6, 6.07) is 6.21. The molecule has 0 atom stereocenters. The number of halogens is 1. The van der Waals surface area contributed by atoms with E-state index in [1.165, 1.54) is 12.7 Å². The van der Waals surface area contributed by atoms with Crippen molar-refractivity contribution in [2.24, 2.45) is 5.92 Å². The second-order valence-corrected chi connectivity index (χ2v) is 8.29. The summed E-state index contributed by atoms with van der Waals surface area (Å²) >= 11 is 0. The molecule has 2 aliphatic rings. The summed E-state index contributed by atoms with van der Waals surface area (Å²) in [5.74, 6) is 1.53. The Morgan fingerprint density at radius 2 is 1.77 bits per heavy atom. The van der Waals surface area contributed by atoms with Crippen LogP contribution in [0.25, 0.3) is 0 Å². The van der Waals surface area contributed by atoms with Gasteiger partial charge in [0.25, 0.3) is 5.91 Å². The van der Waals surface area contributed by atoms with Crippen LogP contribution in [-0.4, -0.2) is 45.2 Å². The zero-order valence-electron chi connectivity index (χ0n) is 18.1. The molecule has 1 aromatic carbocycles. The van der Waals surface area contributed by atoms with Gasteiger partial charge in [-0.25, -0.2) is 0 Å². The molecule has 7 heteroatoms. The van der Waals surface area contributed by atoms with Crippen LogP contribution in [0.3, 0.4) is 0 Å². The van der Waals surface area contributed by atoms with Crippen molar-refractivity contribution in [2.75, 3.05) is 27.3 Å². The largest absolute Gasteiger partial charge is 0.496 e. The minimum absolute atomic E-state index is 0. The SMILES string of the molecule is COC(=O)CC[C@H]1CC[C@H](NC(=O)c2ccc(C3CCNCC3)cc2OC)CC1.Cl. The molecule has 168 valence electrons. The van der Waals surface area contributed by atoms with Gasteiger partial charge in [-0.1, -0.05) is 6.07 Å². The molecule has 0 spiro atoms. The number of ether oxygens (including phenoxy) is 2. The number of carbonyl (C=O) groups excluding carboxylic acids is 2. The van der Waals surface area contributed by atoms with Crippen LogP contribution in [0, 0.1) is 5.92 Å². The fraction of sp³-hybridized carbons (Fsp3) is 0.652. The van der Waals surface area contributed by atoms with Crippen molar-refractivity contribution in [2.45, 2.75) is 63.3 Å². The second kappa shape index (κ2) is 12.2. The van der Waals surface area contributed by atoms with E-state index in [1.807, 2.05) is 12.1 Å². The summed E-state index contributed by atoms with van der Waals surface area (Å²) in [6.07, 6.45) is 7.57. The molecule has 3 rings (SSSR count). The smallest absolute Gasteiger partial charge is 0.305 e. The van der Waals surface area contributed by atoms with Crippen LogP contribution < -0.4 is 15.4 Å². The average molecular weight is 439 g/mol. The first kappa shape index (κ1) is 24.5. The Morgan fingerprint density at radius 1 is 1.07 bits per heavy atom. The zero-order chi connectivity index (χ0) is 20.6. The van der Waals surface area contributed by atoms with E-state index >= 15 is 0 Å². The van der Waals surface area contributed by atoms with Gasteiger partial charge in [0.1, 0.15) is 5.75 Å². The Bertz CT molecular complexity index is 698. The van der Waals surface area contributed by atoms with E-state index in [0.717, 1.165) is 58.0 Å². The van der Waals surface area contributed by atoms with E-state index in [1.54, 1.807) is 7.11 Å². The Balaban J connectivity index is 0.00000320. The van der Waals surface area contributed by atoms with E-state index in [9.17, 15) is 9.59 Å². The molecule has 0 bridgehead atoms. The highest BCUT2D eigenvalue weighted by Crippen LogP contribution is 2.31. The molecule has 0 radical (unpaired) electrons. The number of benzene rings is 1. The lowest BCUT2D eigenvalue weighted by atomic mass is 9.83. The van der Waals surface area contributed by atoms with E-state index < -0.39 is 0 Å². The van der Waals surface area contributed by atoms with Gasteiger partial charge in [-0.3, -0.25) is 9.59 Å². The predicted octanol–water partition coefficient (Wildman–Crippen LogP) is 3.83. The quantitative estimate of drug-likeness (QED) is 0.633. The van der Waals surface area contributed by atoms with Gasteiger partial charge >= 0.3 is 5.97 Å². The molecule has 1 aliphatic heterocycles. The minimum Gasteiger partial charge on any atom is -0.496 e. The van der Waals surface area contributed by atoms with Gasteiger partial charge in [0, 0.05) is 12.5 Å². The lowest BCUT2D eigenvalue weighted by Crippen LogP contribution is -2.37. The van der Waals surface area contributed by atoms with E-state index in [4.69, 9.17) is 9.47 Å². The van der Waals surface area contributed by atoms with Gasteiger partial charge in [-0.2, -0.15) is 0 Å². The molecule has 1 heterocycles. The van der Waals surface area contributed by atoms with Crippen molar-refractivity contribution in [3.63, 3.8) is 0 Å². The van der Waals surface area contributed by atoms with Crippen LogP contribution in [0.1, 0.15) is 73.2 Å². The normalized spacial score (nSPS) is 21.9. The third-order valence-electron chi connectivity index (χ3n) is 6.45. The molecular weight excluding hydrogens is 404 g/mol. The van der Waals surface area contributed by atoms with E-state index in [-0.39, 0.29) is 30.3 Å². The van der Waals surface area contributed by atoms with Crippen molar-refractivity contribution in [3.05, 3.63) is 29.3 Å². The number of rotatable bonds is 7. The van der Waals surface area contributed by atoms with Gasteiger partial charge in [-0.15, -0.1) is 12.4 Å². The highest BCUT2D eigenvalue weighted by atomic mass is 35.5. The van der Waals surface area contributed by atoms with Gasteiger partial charge in [0.05, 0.1) is 19.8 Å². The third-order valence-corrected chi connectivity index (χ3v) is 6.45. The maximum Gasteiger partial charge on any atom is 0.305 e. The van der Waals surface area contributed by atoms with Crippen molar-refractivity contribution in [1.29, 1.82) is 0 Å². The first-order chi connectivity index (χ1) is 14.1. The summed E-state index contributed by atoms with van der Waals surface area (Å²) in [7, 11) is 3.06. The Hall–Kier alpha value is -1.79. The standard InChI is InChI=1S/C23H34N2O4.ClH/c1-28-21-15-18(17-11-13-24-14-12-17)6-9-20(21)23(27)25-19-7-3-16(4-8-19)5-10-22(26)29-2;/h6,9,15-17,19,24H,3-5,7-8,10-14H2,1-2H3,(H,25,27);1H/t16-,19-;. The predicted molar refractivity (Wildman–Crippen MR) is 120 cm³/mol. The van der Waals surface area contributed by atoms with Crippen molar-refractivity contribution < 1.29 is 19.1 Å². The molecule has 6 nitrogen and oxygen atoms in total. The molecule has 1 aromatic rings. The van der Waals surface area contributed by atoms with Crippen molar-refractivity contribution in [3.8, 4) is 5.75 Å². The maximum absolute atomic E-state index is 12.9. The molecule has 1 aliphatic carbocycles. The number of amides is 1. The molecule has 1 saturated heterocycles. The number of hydrogen-bond acceptors (Lipinski definition) is 5. The number of hydrogen-bond donors (Lipinski definition) is 2. The highest BCUT2D eigenvalue weighted by molar-refractivity contribution is 5.97. The van der Waals surface area contributed by atoms with Crippen LogP contribution in [0.4, 0.5) is 0 Å². The summed E-state index contributed by atoms with van der Waals surface area (Å²) in [5, 5.41) is 6.57. The third kappa shape index (κ3) is 6.61. The molecule has 0 aromatic heterocycles. The first-order valence-electron chi connectivity index (χ1n) is 10.9. The number of piperidine rings is 1. The average Bonchev–Trinajstić information content (AvgIpc) is 2.78. The lowest BCUT2D eigenvalue weighted by Gasteiger charge is -2.29. The Kier molecular flexibility index (Phi) is 9.92. The summed E-state index contributed by atoms with van der Waals surface area (Å²) < 4.78 is 10.3. The van der Waals surface area contributed by atoms with Crippen molar-refractivity contribution in [1.82, 2.24) is 10.6 Å². The maximum atomic E-state index is 12.9. The number of methoxy groups -OCH3 is 2. The number of nitrogens with one attached hydrogen (secondary N) is 2. The number of carbonyl (C=O) groups is 2. The molecule has 2 fully saturated rings. The van der Waals surface area contributed by atoms with E-state index in [2.05, 4.69) is 16.7 Å². The Labute approximate surface area is 185 Å². The fourth-order valence-corrected chi connectivity index (χ4v) is 4.59. The zero-order valence-corrected chi connectivity index (χ0v) is 18.9. The van der Waals surface area contributed by atoms with Crippen LogP contribution in [-0.2, 0) is 9.53 Å². The first-order valence-corrected chi connectivity index (χ1v) is 10.9. The van der Waals surface area contributed by atoms with Crippen molar-refractivity contribution >= 4 is 24.3 Å². The second-order valence-electron chi connectivity index (χ2n) is 8.29. The molecular formula is C23H35ClN2O4. The highest BCUT2D eigenvalue weighted by Gasteiger charge is 2.25. The van der Waals surface area contributed by atoms with Gasteiger partial charge < -0.3 is 20.1 Å². The molecule has 1 amide bonds. The topological polar surface area (TPSA) is 76.7 Å². The van der Waals surface area contributed by atoms with Gasteiger partial charge in [0.15, 0.2) is 0 Å². The summed E-state index contributed by atoms with van der Waals surface area (Å²) in [5.41, 5.74) is 1.86. The van der Waals surface area contributed by atoms with Crippen LogP contribution in [0.5, 0.6) is 5.75 Å². The minimum atomic E-state index is -0.138. The van der Waals surface area contributed by atoms with E-state index in [0.29, 0.717) is 29.6 Å².